The number of hydrogen-bond acceptors (Lipinski definition) is 2. The van der Waals surface area contributed by atoms with Crippen LogP contribution in [0.15, 0.2) is 103 Å². The third-order valence-corrected chi connectivity index (χ3v) is 20.6. The average molecular weight is 573 g/mol. The van der Waals surface area contributed by atoms with Gasteiger partial charge < -0.3 is 0 Å². The summed E-state index contributed by atoms with van der Waals surface area (Å²) in [5, 5.41) is 0. The fourth-order valence-corrected chi connectivity index (χ4v) is 18.6. The molecule has 0 saturated heterocycles. The van der Waals surface area contributed by atoms with E-state index in [9.17, 15) is 0 Å². The molecule has 0 fully saturated rings. The molecule has 180 valence electrons. The molecular formula is C32H35O2Sb. The van der Waals surface area contributed by atoms with Crippen molar-refractivity contribution in [2.75, 3.05) is 0 Å². The summed E-state index contributed by atoms with van der Waals surface area (Å²) < 4.78 is 18.4. The van der Waals surface area contributed by atoms with Gasteiger partial charge in [-0.2, -0.15) is 0 Å². The first-order chi connectivity index (χ1) is 16.6. The van der Waals surface area contributed by atoms with Gasteiger partial charge in [-0.25, -0.2) is 0 Å². The Labute approximate surface area is 212 Å². The van der Waals surface area contributed by atoms with Gasteiger partial charge in [0.15, 0.2) is 0 Å². The summed E-state index contributed by atoms with van der Waals surface area (Å²) in [6, 6.07) is 36.5. The van der Waals surface area contributed by atoms with E-state index in [0.717, 1.165) is 22.0 Å². The molecule has 35 heavy (non-hydrogen) atoms. The van der Waals surface area contributed by atoms with Crippen LogP contribution in [0.1, 0.15) is 52.7 Å². The number of fused-ring (bicyclic) bond motifs is 1. The molecule has 0 aromatic heterocycles. The van der Waals surface area contributed by atoms with Gasteiger partial charge in [0, 0.05) is 0 Å². The fourth-order valence-electron chi connectivity index (χ4n) is 4.99. The first kappa shape index (κ1) is 24.0. The summed E-state index contributed by atoms with van der Waals surface area (Å²) in [7, 11) is 0. The van der Waals surface area contributed by atoms with Crippen molar-refractivity contribution in [1.29, 1.82) is 0 Å². The monoisotopic (exact) mass is 572 g/mol. The van der Waals surface area contributed by atoms with Gasteiger partial charge >= 0.3 is 213 Å². The van der Waals surface area contributed by atoms with Crippen LogP contribution in [0.4, 0.5) is 0 Å². The van der Waals surface area contributed by atoms with Gasteiger partial charge in [-0.15, -0.1) is 0 Å². The summed E-state index contributed by atoms with van der Waals surface area (Å²) in [4.78, 5) is 0. The van der Waals surface area contributed by atoms with Crippen LogP contribution >= 0.6 is 0 Å². The van der Waals surface area contributed by atoms with Crippen molar-refractivity contribution in [3.05, 3.63) is 114 Å². The predicted octanol–water partition coefficient (Wildman–Crippen LogP) is 6.17. The second-order valence-corrected chi connectivity index (χ2v) is 22.4. The molecule has 1 heterocycles. The van der Waals surface area contributed by atoms with Crippen molar-refractivity contribution in [3.8, 4) is 11.5 Å². The molecule has 0 unspecified atom stereocenters. The van der Waals surface area contributed by atoms with E-state index in [-0.39, 0.29) is 10.8 Å². The molecule has 0 bridgehead atoms. The molecule has 4 aromatic rings. The SMILES string of the molecule is CC(C)(C)c1cc2c(c(C(C)(C)C)c1)[O][Sb]([c]1ccccc1)([c]1ccccc1)([c]1ccccc1)[O]2. The van der Waals surface area contributed by atoms with Crippen molar-refractivity contribution in [2.24, 2.45) is 0 Å². The maximum absolute atomic E-state index is 7.55. The zero-order valence-electron chi connectivity index (χ0n) is 21.6. The molecule has 1 aliphatic rings. The molecule has 0 amide bonds. The Morgan fingerprint density at radius 3 is 1.31 bits per heavy atom. The van der Waals surface area contributed by atoms with E-state index in [0.29, 0.717) is 0 Å². The van der Waals surface area contributed by atoms with Gasteiger partial charge in [0.25, 0.3) is 0 Å². The van der Waals surface area contributed by atoms with Crippen LogP contribution in [0, 0.1) is 0 Å². The van der Waals surface area contributed by atoms with Crippen LogP contribution in [0.2, 0.25) is 0 Å². The second-order valence-electron chi connectivity index (χ2n) is 11.5. The average Bonchev–Trinajstić information content (AvgIpc) is 3.22. The van der Waals surface area contributed by atoms with Gasteiger partial charge in [-0.1, -0.05) is 0 Å². The van der Waals surface area contributed by atoms with Gasteiger partial charge in [0.1, 0.15) is 0 Å². The quantitative estimate of drug-likeness (QED) is 0.273. The molecule has 0 N–H and O–H groups in total. The Morgan fingerprint density at radius 1 is 0.514 bits per heavy atom. The van der Waals surface area contributed by atoms with Gasteiger partial charge in [0.2, 0.25) is 0 Å². The van der Waals surface area contributed by atoms with E-state index in [2.05, 4.69) is 145 Å². The Hall–Kier alpha value is -2.70. The number of benzene rings is 4. The van der Waals surface area contributed by atoms with Crippen molar-refractivity contribution >= 4 is 28.8 Å². The van der Waals surface area contributed by atoms with E-state index in [1.54, 1.807) is 0 Å². The predicted molar refractivity (Wildman–Crippen MR) is 149 cm³/mol. The van der Waals surface area contributed by atoms with Crippen LogP contribution in [-0.2, 0) is 10.8 Å². The molecule has 0 radical (unpaired) electrons. The van der Waals surface area contributed by atoms with Crippen LogP contribution < -0.4 is 16.6 Å². The Balaban J connectivity index is 1.94. The molecule has 4 aromatic carbocycles. The van der Waals surface area contributed by atoms with Gasteiger partial charge in [-0.3, -0.25) is 0 Å². The minimum absolute atomic E-state index is 0.0162. The summed E-state index contributed by atoms with van der Waals surface area (Å²) in [6.45, 7) is 13.5. The topological polar surface area (TPSA) is 18.5 Å². The van der Waals surface area contributed by atoms with E-state index in [1.807, 2.05) is 0 Å². The Kier molecular flexibility index (Phi) is 5.61. The molecule has 0 saturated carbocycles. The summed E-state index contributed by atoms with van der Waals surface area (Å²) in [5.74, 6) is 1.75. The zero-order valence-corrected chi connectivity index (χ0v) is 24.1. The third-order valence-electron chi connectivity index (χ3n) is 6.94. The van der Waals surface area contributed by atoms with Crippen LogP contribution in [0.5, 0.6) is 11.5 Å². The zero-order chi connectivity index (χ0) is 24.9. The molecule has 5 rings (SSSR count). The minimum atomic E-state index is -4.98. The van der Waals surface area contributed by atoms with Crippen LogP contribution in [-0.4, -0.2) is 18.2 Å². The molecule has 0 aliphatic carbocycles. The molecule has 2 nitrogen and oxygen atoms in total. The van der Waals surface area contributed by atoms with Crippen molar-refractivity contribution in [2.45, 2.75) is 52.4 Å². The molecular weight excluding hydrogens is 538 g/mol. The normalized spacial score (nSPS) is 17.4. The summed E-state index contributed by atoms with van der Waals surface area (Å²) >= 11 is -4.98. The number of rotatable bonds is 3. The number of hydrogen-bond donors (Lipinski definition) is 0. The standard InChI is InChI=1S/C14H22O2.3C6H5.Sb/c1-13(2,3)9-7-10(14(4,5)6)12(16)11(15)8-9;3*1-2-4-6-5-3-1;/h7-8,15-16H,1-6H3;3*1-5H;/q;;;;+2/p-2. The third kappa shape index (κ3) is 3.69. The molecule has 1 aliphatic heterocycles. The van der Waals surface area contributed by atoms with Crippen molar-refractivity contribution in [3.63, 3.8) is 0 Å². The van der Waals surface area contributed by atoms with Crippen LogP contribution in [0.25, 0.3) is 0 Å². The second kappa shape index (κ2) is 8.17. The maximum atomic E-state index is 7.55. The molecule has 0 atom stereocenters. The summed E-state index contributed by atoms with van der Waals surface area (Å²) in [5.41, 5.74) is 2.33. The van der Waals surface area contributed by atoms with Crippen molar-refractivity contribution < 1.29 is 6.03 Å². The molecule has 3 heteroatoms. The first-order valence-corrected chi connectivity index (χ1v) is 18.2. The van der Waals surface area contributed by atoms with Gasteiger partial charge in [0.05, 0.1) is 0 Å². The van der Waals surface area contributed by atoms with E-state index >= 15 is 0 Å². The first-order valence-electron chi connectivity index (χ1n) is 12.3. The van der Waals surface area contributed by atoms with E-state index in [4.69, 9.17) is 6.03 Å². The van der Waals surface area contributed by atoms with Crippen LogP contribution in [0.3, 0.4) is 0 Å². The fraction of sp³-hybridized carbons (Fsp3) is 0.250. The summed E-state index contributed by atoms with van der Waals surface area (Å²) in [6.07, 6.45) is 0. The Morgan fingerprint density at radius 2 is 0.943 bits per heavy atom. The van der Waals surface area contributed by atoms with E-state index < -0.39 is 18.2 Å². The van der Waals surface area contributed by atoms with E-state index in [1.165, 1.54) is 11.1 Å². The Bertz CT molecular complexity index is 1250. The van der Waals surface area contributed by atoms with Crippen molar-refractivity contribution in [1.82, 2.24) is 0 Å². The molecule has 0 spiro atoms. The van der Waals surface area contributed by atoms with Gasteiger partial charge in [-0.05, 0) is 0 Å².